The van der Waals surface area contributed by atoms with E-state index in [2.05, 4.69) is 5.32 Å². The number of nitrogens with zero attached hydrogens (tertiary/aromatic N) is 1. The predicted molar refractivity (Wildman–Crippen MR) is 70.1 cm³/mol. The lowest BCUT2D eigenvalue weighted by Gasteiger charge is -2.46. The van der Waals surface area contributed by atoms with Crippen LogP contribution in [0.4, 0.5) is 13.2 Å². The number of morpholine rings is 1. The van der Waals surface area contributed by atoms with Gasteiger partial charge in [0.05, 0.1) is 18.7 Å². The Hall–Kier alpha value is -1.42. The number of fused-ring (bicyclic) bond motifs is 1. The molecule has 2 atom stereocenters. The summed E-state index contributed by atoms with van der Waals surface area (Å²) in [4.78, 5) is 15.7. The molecular weight excluding hydrogens is 303 g/mol. The summed E-state index contributed by atoms with van der Waals surface area (Å²) < 4.78 is 43.1. The molecule has 1 aromatic heterocycles. The van der Waals surface area contributed by atoms with Crippen LogP contribution in [0.5, 0.6) is 0 Å². The normalized spacial score (nSPS) is 30.1. The molecule has 0 saturated carbocycles. The van der Waals surface area contributed by atoms with Crippen molar-refractivity contribution >= 4 is 0 Å². The van der Waals surface area contributed by atoms with Gasteiger partial charge in [-0.3, -0.25) is 9.69 Å². The Morgan fingerprint density at radius 1 is 1.41 bits per heavy atom. The second-order valence-corrected chi connectivity index (χ2v) is 5.54. The zero-order valence-electron chi connectivity index (χ0n) is 11.6. The van der Waals surface area contributed by atoms with Gasteiger partial charge < -0.3 is 20.1 Å². The third kappa shape index (κ3) is 2.76. The molecule has 1 aromatic rings. The van der Waals surface area contributed by atoms with Crippen molar-refractivity contribution in [3.8, 4) is 0 Å². The molecule has 0 aliphatic carbocycles. The predicted octanol–water partition coefficient (Wildman–Crippen LogP) is -0.157. The van der Waals surface area contributed by atoms with E-state index in [-0.39, 0.29) is 24.8 Å². The number of aromatic amines is 1. The first-order chi connectivity index (χ1) is 10.3. The third-order valence-electron chi connectivity index (χ3n) is 4.04. The van der Waals surface area contributed by atoms with E-state index < -0.39 is 23.2 Å². The van der Waals surface area contributed by atoms with Gasteiger partial charge in [-0.25, -0.2) is 0 Å². The molecule has 0 aromatic carbocycles. The molecule has 0 bridgehead atoms. The lowest BCUT2D eigenvalue weighted by atomic mass is 10.0. The van der Waals surface area contributed by atoms with Crippen LogP contribution in [0, 0.1) is 0 Å². The second-order valence-electron chi connectivity index (χ2n) is 5.54. The minimum atomic E-state index is -4.64. The van der Waals surface area contributed by atoms with Crippen LogP contribution in [0.3, 0.4) is 0 Å². The van der Waals surface area contributed by atoms with E-state index in [9.17, 15) is 23.1 Å². The molecule has 9 heteroatoms. The lowest BCUT2D eigenvalue weighted by molar-refractivity contribution is -0.263. The van der Waals surface area contributed by atoms with Crippen molar-refractivity contribution < 1.29 is 23.0 Å². The van der Waals surface area contributed by atoms with Gasteiger partial charge in [0.15, 0.2) is 0 Å². The molecule has 2 saturated heterocycles. The fourth-order valence-corrected chi connectivity index (χ4v) is 2.84. The minimum Gasteiger partial charge on any atom is -0.361 e. The number of alkyl halides is 3. The van der Waals surface area contributed by atoms with E-state index >= 15 is 0 Å². The van der Waals surface area contributed by atoms with Crippen molar-refractivity contribution in [2.75, 3.05) is 32.8 Å². The SMILES string of the molecule is O=c1[nH]c(C(F)(F)F)ccc1[C@]1(O)CN2CCNC[C@H]2CO1. The highest BCUT2D eigenvalue weighted by molar-refractivity contribution is 5.21. The first-order valence-corrected chi connectivity index (χ1v) is 6.92. The van der Waals surface area contributed by atoms with Crippen LogP contribution in [0.2, 0.25) is 0 Å². The van der Waals surface area contributed by atoms with E-state index in [0.717, 1.165) is 18.7 Å². The Morgan fingerprint density at radius 2 is 2.18 bits per heavy atom. The van der Waals surface area contributed by atoms with Crippen molar-refractivity contribution in [1.29, 1.82) is 0 Å². The Kier molecular flexibility index (Phi) is 3.76. The van der Waals surface area contributed by atoms with Crippen LogP contribution in [0.15, 0.2) is 16.9 Å². The number of rotatable bonds is 1. The van der Waals surface area contributed by atoms with Crippen LogP contribution in [0.25, 0.3) is 0 Å². The van der Waals surface area contributed by atoms with Gasteiger partial charge in [0.2, 0.25) is 5.79 Å². The molecule has 2 fully saturated rings. The first-order valence-electron chi connectivity index (χ1n) is 6.92. The van der Waals surface area contributed by atoms with Crippen LogP contribution in [0.1, 0.15) is 11.3 Å². The minimum absolute atomic E-state index is 0.0494. The van der Waals surface area contributed by atoms with Gasteiger partial charge in [0, 0.05) is 25.7 Å². The average molecular weight is 319 g/mol. The van der Waals surface area contributed by atoms with Gasteiger partial charge in [-0.2, -0.15) is 13.2 Å². The van der Waals surface area contributed by atoms with Crippen LogP contribution >= 0.6 is 0 Å². The number of hydrogen-bond donors (Lipinski definition) is 3. The quantitative estimate of drug-likeness (QED) is 0.671. The highest BCUT2D eigenvalue weighted by atomic mass is 19.4. The van der Waals surface area contributed by atoms with Crippen LogP contribution in [-0.4, -0.2) is 53.8 Å². The molecule has 3 N–H and O–H groups in total. The Balaban J connectivity index is 1.88. The summed E-state index contributed by atoms with van der Waals surface area (Å²) in [5, 5.41) is 13.8. The molecule has 0 radical (unpaired) electrons. The monoisotopic (exact) mass is 319 g/mol. The highest BCUT2D eigenvalue weighted by Crippen LogP contribution is 2.30. The molecular formula is C13H16F3N3O3. The second kappa shape index (κ2) is 5.34. The molecule has 0 unspecified atom stereocenters. The number of aliphatic hydroxyl groups is 1. The summed E-state index contributed by atoms with van der Waals surface area (Å²) in [6, 6.07) is 1.80. The zero-order chi connectivity index (χ0) is 16.0. The first kappa shape index (κ1) is 15.5. The maximum atomic E-state index is 12.6. The molecule has 122 valence electrons. The van der Waals surface area contributed by atoms with E-state index in [4.69, 9.17) is 4.74 Å². The summed E-state index contributed by atoms with van der Waals surface area (Å²) in [6.07, 6.45) is -4.64. The van der Waals surface area contributed by atoms with Gasteiger partial charge >= 0.3 is 6.18 Å². The molecule has 2 aliphatic rings. The molecule has 6 nitrogen and oxygen atoms in total. The smallest absolute Gasteiger partial charge is 0.361 e. The maximum absolute atomic E-state index is 12.6. The molecule has 0 spiro atoms. The molecule has 2 aliphatic heterocycles. The van der Waals surface area contributed by atoms with Crippen molar-refractivity contribution in [3.05, 3.63) is 33.7 Å². The summed E-state index contributed by atoms with van der Waals surface area (Å²) in [5.41, 5.74) is -2.36. The van der Waals surface area contributed by atoms with E-state index in [1.54, 1.807) is 4.98 Å². The maximum Gasteiger partial charge on any atom is 0.431 e. The lowest BCUT2D eigenvalue weighted by Crippen LogP contribution is -2.62. The number of halogens is 3. The summed E-state index contributed by atoms with van der Waals surface area (Å²) in [6.45, 7) is 2.38. The Morgan fingerprint density at radius 3 is 2.86 bits per heavy atom. The number of aromatic nitrogens is 1. The van der Waals surface area contributed by atoms with Crippen molar-refractivity contribution in [1.82, 2.24) is 15.2 Å². The van der Waals surface area contributed by atoms with Crippen molar-refractivity contribution in [2.45, 2.75) is 18.0 Å². The van der Waals surface area contributed by atoms with Crippen molar-refractivity contribution in [2.24, 2.45) is 0 Å². The number of hydrogen-bond acceptors (Lipinski definition) is 5. The Labute approximate surface area is 123 Å². The van der Waals surface area contributed by atoms with E-state index in [0.29, 0.717) is 13.1 Å². The van der Waals surface area contributed by atoms with Gasteiger partial charge in [-0.1, -0.05) is 0 Å². The number of nitrogens with one attached hydrogen (secondary N) is 2. The molecule has 3 heterocycles. The number of H-pyrrole nitrogens is 1. The van der Waals surface area contributed by atoms with E-state index in [1.165, 1.54) is 0 Å². The molecule has 22 heavy (non-hydrogen) atoms. The van der Waals surface area contributed by atoms with Crippen molar-refractivity contribution in [3.63, 3.8) is 0 Å². The molecule has 3 rings (SSSR count). The highest BCUT2D eigenvalue weighted by Gasteiger charge is 2.43. The number of ether oxygens (including phenoxy) is 1. The summed E-state index contributed by atoms with van der Waals surface area (Å²) in [7, 11) is 0. The average Bonchev–Trinajstić information content (AvgIpc) is 2.46. The fraction of sp³-hybridized carbons (Fsp3) is 0.615. The summed E-state index contributed by atoms with van der Waals surface area (Å²) in [5.74, 6) is -1.90. The third-order valence-corrected chi connectivity index (χ3v) is 4.04. The van der Waals surface area contributed by atoms with Gasteiger partial charge in [-0.05, 0) is 12.1 Å². The van der Waals surface area contributed by atoms with Gasteiger partial charge in [0.25, 0.3) is 5.56 Å². The molecule has 0 amide bonds. The van der Waals surface area contributed by atoms with Gasteiger partial charge in [0.1, 0.15) is 5.69 Å². The number of pyridine rings is 1. The summed E-state index contributed by atoms with van der Waals surface area (Å²) >= 11 is 0. The standard InChI is InChI=1S/C13H16F3N3O3/c14-13(15,16)10-2-1-9(11(20)18-10)12(21)7-19-4-3-17-5-8(19)6-22-12/h1-2,8,17,21H,3-7H2,(H,18,20)/t8-,12-/m0/s1. The topological polar surface area (TPSA) is 77.6 Å². The Bertz CT molecular complexity index is 619. The zero-order valence-corrected chi connectivity index (χ0v) is 11.6. The largest absolute Gasteiger partial charge is 0.431 e. The van der Waals surface area contributed by atoms with E-state index in [1.807, 2.05) is 4.90 Å². The van der Waals surface area contributed by atoms with Gasteiger partial charge in [-0.15, -0.1) is 0 Å². The fourth-order valence-electron chi connectivity index (χ4n) is 2.84. The number of piperazine rings is 1. The van der Waals surface area contributed by atoms with Crippen LogP contribution < -0.4 is 10.9 Å². The van der Waals surface area contributed by atoms with Crippen LogP contribution in [-0.2, 0) is 16.7 Å².